The lowest BCUT2D eigenvalue weighted by Gasteiger charge is -2.29. The van der Waals surface area contributed by atoms with E-state index in [4.69, 9.17) is 9.47 Å². The van der Waals surface area contributed by atoms with E-state index in [0.717, 1.165) is 5.56 Å². The van der Waals surface area contributed by atoms with Gasteiger partial charge in [0, 0.05) is 38.9 Å². The Bertz CT molecular complexity index is 1120. The molecule has 2 aromatic rings. The Labute approximate surface area is 197 Å². The smallest absolute Gasteiger partial charge is 0.328 e. The molecular weight excluding hydrogens is 440 g/mol. The number of nitriles is 1. The first-order chi connectivity index (χ1) is 16.4. The number of rotatable bonds is 9. The van der Waals surface area contributed by atoms with E-state index >= 15 is 0 Å². The fourth-order valence-electron chi connectivity index (χ4n) is 3.64. The molecule has 0 radical (unpaired) electrons. The van der Waals surface area contributed by atoms with Crippen molar-refractivity contribution in [1.29, 1.82) is 5.26 Å². The van der Waals surface area contributed by atoms with Gasteiger partial charge in [-0.15, -0.1) is 0 Å². The monoisotopic (exact) mass is 466 g/mol. The van der Waals surface area contributed by atoms with Crippen LogP contribution in [-0.4, -0.2) is 67.0 Å². The van der Waals surface area contributed by atoms with E-state index in [1.807, 2.05) is 12.1 Å². The molecule has 0 spiro atoms. The number of carbonyl (C=O) groups excluding carboxylic acids is 3. The lowest BCUT2D eigenvalue weighted by Crippen LogP contribution is -2.40. The lowest BCUT2D eigenvalue weighted by atomic mass is 10.0. The standard InChI is InChI=1S/C23H26N6O5/c1-15(13-33-3)34-20-8-21(25-10-18(20)9-24)27-23(32)29-6-4-5-16-7-17(11-28(2)14-31)19(12-30)26-22(16)29/h7-8,10,12,14-15H,4-6,11,13H2,1-3H3,(H,25,27,32). The number of nitrogens with one attached hydrogen (secondary N) is 1. The highest BCUT2D eigenvalue weighted by molar-refractivity contribution is 6.01. The Morgan fingerprint density at radius 1 is 1.41 bits per heavy atom. The molecule has 34 heavy (non-hydrogen) atoms. The average Bonchev–Trinajstić information content (AvgIpc) is 2.83. The lowest BCUT2D eigenvalue weighted by molar-refractivity contribution is -0.117. The molecule has 2 aromatic heterocycles. The Morgan fingerprint density at radius 3 is 2.88 bits per heavy atom. The highest BCUT2D eigenvalue weighted by atomic mass is 16.5. The van der Waals surface area contributed by atoms with Crippen molar-refractivity contribution in [2.24, 2.45) is 0 Å². The topological polar surface area (TPSA) is 138 Å². The summed E-state index contributed by atoms with van der Waals surface area (Å²) < 4.78 is 10.8. The van der Waals surface area contributed by atoms with E-state index in [1.54, 1.807) is 21.1 Å². The van der Waals surface area contributed by atoms with E-state index < -0.39 is 6.03 Å². The summed E-state index contributed by atoms with van der Waals surface area (Å²) in [6.45, 7) is 2.77. The molecule has 11 nitrogen and oxygen atoms in total. The summed E-state index contributed by atoms with van der Waals surface area (Å²) in [6, 6.07) is 4.84. The molecule has 3 heterocycles. The number of carbonyl (C=O) groups is 3. The van der Waals surface area contributed by atoms with Crippen LogP contribution in [-0.2, 0) is 22.5 Å². The van der Waals surface area contributed by atoms with Crippen LogP contribution in [0.3, 0.4) is 0 Å². The zero-order valence-corrected chi connectivity index (χ0v) is 19.3. The molecular formula is C23H26N6O5. The van der Waals surface area contributed by atoms with Crippen LogP contribution in [0.25, 0.3) is 0 Å². The van der Waals surface area contributed by atoms with Crippen LogP contribution in [0.5, 0.6) is 5.75 Å². The molecule has 11 heteroatoms. The molecule has 178 valence electrons. The summed E-state index contributed by atoms with van der Waals surface area (Å²) in [5.74, 6) is 0.875. The first-order valence-corrected chi connectivity index (χ1v) is 10.7. The van der Waals surface area contributed by atoms with E-state index in [9.17, 15) is 19.6 Å². The van der Waals surface area contributed by atoms with Crippen LogP contribution in [0.15, 0.2) is 18.3 Å². The molecule has 0 aliphatic carbocycles. The van der Waals surface area contributed by atoms with Gasteiger partial charge in [-0.3, -0.25) is 19.8 Å². The van der Waals surface area contributed by atoms with Crippen molar-refractivity contribution in [3.63, 3.8) is 0 Å². The van der Waals surface area contributed by atoms with Gasteiger partial charge in [-0.05, 0) is 31.4 Å². The van der Waals surface area contributed by atoms with Gasteiger partial charge in [-0.25, -0.2) is 14.8 Å². The summed E-state index contributed by atoms with van der Waals surface area (Å²) >= 11 is 0. The molecule has 0 aromatic carbocycles. The summed E-state index contributed by atoms with van der Waals surface area (Å²) in [7, 11) is 3.16. The highest BCUT2D eigenvalue weighted by Crippen LogP contribution is 2.29. The van der Waals surface area contributed by atoms with Crippen LogP contribution in [0, 0.1) is 11.3 Å². The number of fused-ring (bicyclic) bond motifs is 1. The van der Waals surface area contributed by atoms with Crippen molar-refractivity contribution in [3.8, 4) is 11.8 Å². The van der Waals surface area contributed by atoms with E-state index in [-0.39, 0.29) is 35.5 Å². The maximum absolute atomic E-state index is 13.1. The maximum atomic E-state index is 13.1. The third kappa shape index (κ3) is 5.65. The molecule has 0 bridgehead atoms. The number of nitrogens with zero attached hydrogens (tertiary/aromatic N) is 5. The number of ether oxygens (including phenoxy) is 2. The van der Waals surface area contributed by atoms with Gasteiger partial charge in [0.15, 0.2) is 6.29 Å². The highest BCUT2D eigenvalue weighted by Gasteiger charge is 2.26. The maximum Gasteiger partial charge on any atom is 0.328 e. The minimum absolute atomic E-state index is 0.173. The number of hydrogen-bond donors (Lipinski definition) is 1. The van der Waals surface area contributed by atoms with Crippen LogP contribution in [0.4, 0.5) is 16.4 Å². The van der Waals surface area contributed by atoms with E-state index in [1.165, 1.54) is 22.1 Å². The van der Waals surface area contributed by atoms with Crippen LogP contribution in [0.1, 0.15) is 40.5 Å². The number of anilines is 2. The molecule has 1 aliphatic rings. The Balaban J connectivity index is 1.85. The minimum atomic E-state index is -0.476. The number of methoxy groups -OCH3 is 1. The van der Waals surface area contributed by atoms with Crippen LogP contribution >= 0.6 is 0 Å². The molecule has 3 amide bonds. The number of aldehydes is 1. The van der Waals surface area contributed by atoms with Gasteiger partial charge in [-0.1, -0.05) is 0 Å². The fourth-order valence-corrected chi connectivity index (χ4v) is 3.64. The zero-order chi connectivity index (χ0) is 24.7. The second-order valence-electron chi connectivity index (χ2n) is 7.90. The third-order valence-electron chi connectivity index (χ3n) is 5.18. The molecule has 1 N–H and O–H groups in total. The third-order valence-corrected chi connectivity index (χ3v) is 5.18. The summed E-state index contributed by atoms with van der Waals surface area (Å²) in [5, 5.41) is 12.0. The Hall–Kier alpha value is -4.04. The molecule has 1 atom stereocenters. The van der Waals surface area contributed by atoms with E-state index in [0.29, 0.717) is 50.1 Å². The molecule has 3 rings (SSSR count). The van der Waals surface area contributed by atoms with Crippen LogP contribution in [0.2, 0.25) is 0 Å². The van der Waals surface area contributed by atoms with Crippen molar-refractivity contribution in [1.82, 2.24) is 14.9 Å². The number of aryl methyl sites for hydroxylation is 1. The number of pyridine rings is 2. The number of amides is 3. The quantitative estimate of drug-likeness (QED) is 0.555. The van der Waals surface area contributed by atoms with Crippen molar-refractivity contribution in [3.05, 3.63) is 40.7 Å². The van der Waals surface area contributed by atoms with Crippen molar-refractivity contribution >= 4 is 30.4 Å². The number of urea groups is 1. The summed E-state index contributed by atoms with van der Waals surface area (Å²) in [4.78, 5) is 47.1. The number of aromatic nitrogens is 2. The van der Waals surface area contributed by atoms with Gasteiger partial charge in [0.25, 0.3) is 0 Å². The van der Waals surface area contributed by atoms with Crippen molar-refractivity contribution in [2.75, 3.05) is 37.5 Å². The fraction of sp³-hybridized carbons (Fsp3) is 0.391. The predicted octanol–water partition coefficient (Wildman–Crippen LogP) is 2.15. The summed E-state index contributed by atoms with van der Waals surface area (Å²) in [5.41, 5.74) is 1.83. The van der Waals surface area contributed by atoms with Crippen molar-refractivity contribution < 1.29 is 23.9 Å². The van der Waals surface area contributed by atoms with Crippen LogP contribution < -0.4 is 15.0 Å². The summed E-state index contributed by atoms with van der Waals surface area (Å²) in [6.07, 6.45) is 3.70. The Kier molecular flexibility index (Phi) is 8.10. The van der Waals surface area contributed by atoms with Gasteiger partial charge in [0.2, 0.25) is 6.41 Å². The van der Waals surface area contributed by atoms with Gasteiger partial charge < -0.3 is 14.4 Å². The molecule has 1 aliphatic heterocycles. The molecule has 0 saturated heterocycles. The number of hydrogen-bond acceptors (Lipinski definition) is 8. The van der Waals surface area contributed by atoms with Gasteiger partial charge in [0.05, 0.1) is 12.8 Å². The second kappa shape index (κ2) is 11.2. The average molecular weight is 466 g/mol. The molecule has 0 fully saturated rings. The molecule has 1 unspecified atom stereocenters. The first kappa shape index (κ1) is 24.6. The van der Waals surface area contributed by atoms with Gasteiger partial charge >= 0.3 is 6.03 Å². The first-order valence-electron chi connectivity index (χ1n) is 10.7. The van der Waals surface area contributed by atoms with Crippen molar-refractivity contribution in [2.45, 2.75) is 32.4 Å². The largest absolute Gasteiger partial charge is 0.487 e. The molecule has 0 saturated carbocycles. The Morgan fingerprint density at radius 2 is 2.21 bits per heavy atom. The van der Waals surface area contributed by atoms with E-state index in [2.05, 4.69) is 15.3 Å². The normalized spacial score (nSPS) is 13.3. The second-order valence-corrected chi connectivity index (χ2v) is 7.90. The van der Waals surface area contributed by atoms with Gasteiger partial charge in [-0.2, -0.15) is 5.26 Å². The van der Waals surface area contributed by atoms with Gasteiger partial charge in [0.1, 0.15) is 40.8 Å². The zero-order valence-electron chi connectivity index (χ0n) is 19.3. The SMILES string of the molecule is COCC(C)Oc1cc(NC(=O)N2CCCc3cc(CN(C)C=O)c(C=O)nc32)ncc1C#N. The predicted molar refractivity (Wildman–Crippen MR) is 123 cm³/mol. The minimum Gasteiger partial charge on any atom is -0.487 e.